The molecule has 0 aromatic heterocycles. The number of aromatic hydroxyl groups is 1. The number of anilines is 1. The molecule has 4 nitrogen and oxygen atoms in total. The van der Waals surface area contributed by atoms with Gasteiger partial charge in [0.2, 0.25) is 10.0 Å². The van der Waals surface area contributed by atoms with Crippen molar-refractivity contribution < 1.29 is 13.5 Å². The molecular weight excluding hydrogens is 226 g/mol. The molecule has 0 aliphatic heterocycles. The summed E-state index contributed by atoms with van der Waals surface area (Å²) < 4.78 is 26.0. The maximum atomic E-state index is 11.7. The largest absolute Gasteiger partial charge is 0.508 e. The summed E-state index contributed by atoms with van der Waals surface area (Å²) in [4.78, 5) is 0. The van der Waals surface area contributed by atoms with Gasteiger partial charge in [-0.1, -0.05) is 6.07 Å². The molecule has 0 heterocycles. The number of hydrogen-bond acceptors (Lipinski definition) is 3. The van der Waals surface area contributed by atoms with Crippen LogP contribution in [0, 0.1) is 12.8 Å². The number of nitrogens with one attached hydrogen (secondary N) is 1. The molecule has 1 aromatic rings. The van der Waals surface area contributed by atoms with Crippen LogP contribution in [-0.2, 0) is 10.0 Å². The molecule has 0 amide bonds. The van der Waals surface area contributed by atoms with Crippen LogP contribution in [0.5, 0.6) is 5.75 Å². The first-order valence-electron chi connectivity index (χ1n) is 5.27. The van der Waals surface area contributed by atoms with Crippen LogP contribution in [0.3, 0.4) is 0 Å². The SMILES string of the molecule is Cc1c(O)cccc1NS(=O)(=O)CC1CC1. The molecular formula is C11H15NO3S. The Kier molecular flexibility index (Phi) is 2.80. The van der Waals surface area contributed by atoms with Crippen molar-refractivity contribution in [1.29, 1.82) is 0 Å². The van der Waals surface area contributed by atoms with Crippen LogP contribution in [0.25, 0.3) is 0 Å². The molecule has 5 heteroatoms. The third kappa shape index (κ3) is 2.66. The average molecular weight is 241 g/mol. The molecule has 0 bridgehead atoms. The van der Waals surface area contributed by atoms with E-state index < -0.39 is 10.0 Å². The third-order valence-electron chi connectivity index (χ3n) is 2.72. The minimum Gasteiger partial charge on any atom is -0.508 e. The lowest BCUT2D eigenvalue weighted by atomic mass is 10.2. The van der Waals surface area contributed by atoms with Gasteiger partial charge in [0.1, 0.15) is 5.75 Å². The van der Waals surface area contributed by atoms with Crippen LogP contribution < -0.4 is 4.72 Å². The molecule has 1 saturated carbocycles. The highest BCUT2D eigenvalue weighted by molar-refractivity contribution is 7.92. The summed E-state index contributed by atoms with van der Waals surface area (Å²) in [6.07, 6.45) is 2.00. The molecule has 0 radical (unpaired) electrons. The number of rotatable bonds is 4. The Hall–Kier alpha value is -1.23. The van der Waals surface area contributed by atoms with Crippen molar-refractivity contribution in [2.75, 3.05) is 10.5 Å². The van der Waals surface area contributed by atoms with E-state index in [2.05, 4.69) is 4.72 Å². The van der Waals surface area contributed by atoms with Gasteiger partial charge in [-0.2, -0.15) is 0 Å². The van der Waals surface area contributed by atoms with Crippen LogP contribution in [-0.4, -0.2) is 19.3 Å². The van der Waals surface area contributed by atoms with Gasteiger partial charge in [0.05, 0.1) is 11.4 Å². The lowest BCUT2D eigenvalue weighted by Gasteiger charge is -2.10. The normalized spacial score (nSPS) is 16.1. The van der Waals surface area contributed by atoms with Crippen molar-refractivity contribution in [2.24, 2.45) is 5.92 Å². The molecule has 16 heavy (non-hydrogen) atoms. The van der Waals surface area contributed by atoms with Crippen molar-refractivity contribution in [3.63, 3.8) is 0 Å². The number of phenols is 1. The highest BCUT2D eigenvalue weighted by atomic mass is 32.2. The maximum absolute atomic E-state index is 11.7. The van der Waals surface area contributed by atoms with Gasteiger partial charge in [0.25, 0.3) is 0 Å². The predicted octanol–water partition coefficient (Wildman–Crippen LogP) is 1.85. The second-order valence-corrected chi connectivity index (χ2v) is 6.04. The number of benzene rings is 1. The van der Waals surface area contributed by atoms with Gasteiger partial charge in [-0.15, -0.1) is 0 Å². The fourth-order valence-electron chi connectivity index (χ4n) is 1.54. The summed E-state index contributed by atoms with van der Waals surface area (Å²) in [6, 6.07) is 4.81. The van der Waals surface area contributed by atoms with E-state index in [0.717, 1.165) is 12.8 Å². The number of phenolic OH excluding ortho intramolecular Hbond substituents is 1. The zero-order valence-corrected chi connectivity index (χ0v) is 9.92. The van der Waals surface area contributed by atoms with Crippen LogP contribution in [0.4, 0.5) is 5.69 Å². The molecule has 0 spiro atoms. The van der Waals surface area contributed by atoms with Gasteiger partial charge in [0, 0.05) is 5.56 Å². The fourth-order valence-corrected chi connectivity index (χ4v) is 3.13. The summed E-state index contributed by atoms with van der Waals surface area (Å²) in [7, 11) is -3.27. The number of sulfonamides is 1. The monoisotopic (exact) mass is 241 g/mol. The minimum atomic E-state index is -3.27. The molecule has 2 rings (SSSR count). The summed E-state index contributed by atoms with van der Waals surface area (Å²) in [5.74, 6) is 0.601. The van der Waals surface area contributed by atoms with Crippen molar-refractivity contribution in [3.05, 3.63) is 23.8 Å². The lowest BCUT2D eigenvalue weighted by molar-refractivity contribution is 0.471. The Morgan fingerprint density at radius 3 is 2.75 bits per heavy atom. The highest BCUT2D eigenvalue weighted by Gasteiger charge is 2.28. The first kappa shape index (κ1) is 11.3. The Labute approximate surface area is 95.4 Å². The van der Waals surface area contributed by atoms with Gasteiger partial charge >= 0.3 is 0 Å². The molecule has 1 aliphatic carbocycles. The Morgan fingerprint density at radius 2 is 2.12 bits per heavy atom. The molecule has 0 saturated heterocycles. The summed E-state index contributed by atoms with van der Waals surface area (Å²) >= 11 is 0. The second kappa shape index (κ2) is 3.97. The lowest BCUT2D eigenvalue weighted by Crippen LogP contribution is -2.18. The summed E-state index contributed by atoms with van der Waals surface area (Å²) in [5, 5.41) is 9.46. The Balaban J connectivity index is 2.16. The molecule has 88 valence electrons. The van der Waals surface area contributed by atoms with E-state index in [4.69, 9.17) is 0 Å². The topological polar surface area (TPSA) is 66.4 Å². The molecule has 1 aliphatic rings. The van der Waals surface area contributed by atoms with Crippen molar-refractivity contribution in [3.8, 4) is 5.75 Å². The van der Waals surface area contributed by atoms with Crippen molar-refractivity contribution >= 4 is 15.7 Å². The summed E-state index contributed by atoms with van der Waals surface area (Å²) in [6.45, 7) is 1.68. The molecule has 0 unspecified atom stereocenters. The van der Waals surface area contributed by atoms with E-state index in [-0.39, 0.29) is 11.5 Å². The maximum Gasteiger partial charge on any atom is 0.233 e. The predicted molar refractivity (Wildman–Crippen MR) is 63.0 cm³/mol. The van der Waals surface area contributed by atoms with Gasteiger partial charge < -0.3 is 5.11 Å². The van der Waals surface area contributed by atoms with Crippen LogP contribution in [0.1, 0.15) is 18.4 Å². The zero-order valence-electron chi connectivity index (χ0n) is 9.10. The van der Waals surface area contributed by atoms with Crippen LogP contribution in [0.15, 0.2) is 18.2 Å². The smallest absolute Gasteiger partial charge is 0.233 e. The second-order valence-electron chi connectivity index (χ2n) is 4.28. The zero-order chi connectivity index (χ0) is 11.8. The Bertz CT molecular complexity index is 492. The van der Waals surface area contributed by atoms with E-state index in [1.165, 1.54) is 6.07 Å². The molecule has 2 N–H and O–H groups in total. The average Bonchev–Trinajstić information content (AvgIpc) is 2.95. The minimum absolute atomic E-state index is 0.103. The van der Waals surface area contributed by atoms with Gasteiger partial charge in [-0.25, -0.2) is 8.42 Å². The van der Waals surface area contributed by atoms with E-state index in [0.29, 0.717) is 17.2 Å². The Morgan fingerprint density at radius 1 is 1.44 bits per heavy atom. The number of hydrogen-bond donors (Lipinski definition) is 2. The first-order valence-corrected chi connectivity index (χ1v) is 6.92. The van der Waals surface area contributed by atoms with E-state index in [1.807, 2.05) is 0 Å². The fraction of sp³-hybridized carbons (Fsp3) is 0.455. The first-order chi connectivity index (χ1) is 7.48. The summed E-state index contributed by atoms with van der Waals surface area (Å²) in [5.41, 5.74) is 1.02. The quantitative estimate of drug-likeness (QED) is 0.845. The van der Waals surface area contributed by atoms with Crippen LogP contribution >= 0.6 is 0 Å². The van der Waals surface area contributed by atoms with Crippen LogP contribution in [0.2, 0.25) is 0 Å². The molecule has 0 atom stereocenters. The van der Waals surface area contributed by atoms with Gasteiger partial charge in [0.15, 0.2) is 0 Å². The molecule has 1 aromatic carbocycles. The van der Waals surface area contributed by atoms with Crippen molar-refractivity contribution in [2.45, 2.75) is 19.8 Å². The molecule has 1 fully saturated rings. The van der Waals surface area contributed by atoms with Crippen molar-refractivity contribution in [1.82, 2.24) is 0 Å². The van der Waals surface area contributed by atoms with E-state index >= 15 is 0 Å². The highest BCUT2D eigenvalue weighted by Crippen LogP contribution is 2.31. The van der Waals surface area contributed by atoms with Gasteiger partial charge in [-0.3, -0.25) is 4.72 Å². The van der Waals surface area contributed by atoms with E-state index in [9.17, 15) is 13.5 Å². The standard InChI is InChI=1S/C11H15NO3S/c1-8-10(3-2-4-11(8)13)12-16(14,15)7-9-5-6-9/h2-4,9,12-13H,5-7H2,1H3. The van der Waals surface area contributed by atoms with Gasteiger partial charge in [-0.05, 0) is 37.8 Å². The third-order valence-corrected chi connectivity index (χ3v) is 4.16. The van der Waals surface area contributed by atoms with E-state index in [1.54, 1.807) is 19.1 Å².